The largest absolute Gasteiger partial charge is 0.396 e. The summed E-state index contributed by atoms with van der Waals surface area (Å²) in [4.78, 5) is 0. The zero-order valence-electron chi connectivity index (χ0n) is 11.0. The van der Waals surface area contributed by atoms with Gasteiger partial charge in [-0.15, -0.1) is 0 Å². The number of sulfonamides is 1. The first-order valence-corrected chi connectivity index (χ1v) is 8.43. The summed E-state index contributed by atoms with van der Waals surface area (Å²) in [5.41, 5.74) is 2.58. The zero-order chi connectivity index (χ0) is 13.7. The van der Waals surface area contributed by atoms with Crippen LogP contribution < -0.4 is 4.72 Å². The Bertz CT molecular complexity index is 513. The van der Waals surface area contributed by atoms with Crippen molar-refractivity contribution < 1.29 is 13.5 Å². The Hall–Kier alpha value is -0.910. The molecular formula is C14H21NO3S. The lowest BCUT2D eigenvalue weighted by molar-refractivity contribution is 0.287. The number of aliphatic hydroxyl groups excluding tert-OH is 1. The Balaban J connectivity index is 1.91. The van der Waals surface area contributed by atoms with Crippen LogP contribution in [0.25, 0.3) is 0 Å². The van der Waals surface area contributed by atoms with Crippen molar-refractivity contribution in [2.45, 2.75) is 38.1 Å². The molecule has 19 heavy (non-hydrogen) atoms. The molecule has 1 unspecified atom stereocenters. The molecule has 106 valence electrons. The van der Waals surface area contributed by atoms with Crippen LogP contribution in [0.3, 0.4) is 0 Å². The first kappa shape index (κ1) is 14.5. The summed E-state index contributed by atoms with van der Waals surface area (Å²) in [5, 5.41) is 8.68. The molecule has 0 bridgehead atoms. The maximum Gasteiger partial charge on any atom is 0.211 e. The van der Waals surface area contributed by atoms with Crippen molar-refractivity contribution in [3.63, 3.8) is 0 Å². The topological polar surface area (TPSA) is 66.4 Å². The number of hydrogen-bond acceptors (Lipinski definition) is 3. The van der Waals surface area contributed by atoms with E-state index in [2.05, 4.69) is 16.9 Å². The number of fused-ring (bicyclic) bond motifs is 1. The molecular weight excluding hydrogens is 262 g/mol. The average Bonchev–Trinajstić information content (AvgIpc) is 2.38. The van der Waals surface area contributed by atoms with Gasteiger partial charge in [-0.1, -0.05) is 24.3 Å². The number of nitrogens with one attached hydrogen (secondary N) is 1. The molecule has 2 N–H and O–H groups in total. The van der Waals surface area contributed by atoms with Crippen molar-refractivity contribution in [2.24, 2.45) is 0 Å². The van der Waals surface area contributed by atoms with E-state index in [0.29, 0.717) is 12.8 Å². The lowest BCUT2D eigenvalue weighted by Crippen LogP contribution is -2.40. The number of aryl methyl sites for hydroxylation is 1. The Morgan fingerprint density at radius 1 is 1.21 bits per heavy atom. The lowest BCUT2D eigenvalue weighted by atomic mass is 9.89. The van der Waals surface area contributed by atoms with Gasteiger partial charge in [-0.3, -0.25) is 0 Å². The van der Waals surface area contributed by atoms with Crippen LogP contribution >= 0.6 is 0 Å². The number of unbranched alkanes of at least 4 members (excludes halogenated alkanes) is 1. The fourth-order valence-corrected chi connectivity index (χ4v) is 3.93. The van der Waals surface area contributed by atoms with Crippen LogP contribution in [0.1, 0.15) is 30.4 Å². The Kier molecular flexibility index (Phi) is 4.96. The van der Waals surface area contributed by atoms with Crippen molar-refractivity contribution in [3.8, 4) is 0 Å². The van der Waals surface area contributed by atoms with Crippen LogP contribution in [-0.4, -0.2) is 31.9 Å². The fourth-order valence-electron chi connectivity index (χ4n) is 2.52. The van der Waals surface area contributed by atoms with E-state index >= 15 is 0 Å². The van der Waals surface area contributed by atoms with Crippen molar-refractivity contribution in [1.82, 2.24) is 4.72 Å². The second-order valence-electron chi connectivity index (χ2n) is 5.08. The summed E-state index contributed by atoms with van der Waals surface area (Å²) in [5.74, 6) is 0.103. The lowest BCUT2D eigenvalue weighted by Gasteiger charge is -2.25. The van der Waals surface area contributed by atoms with Crippen LogP contribution in [0, 0.1) is 0 Å². The van der Waals surface area contributed by atoms with Gasteiger partial charge >= 0.3 is 0 Å². The van der Waals surface area contributed by atoms with Crippen LogP contribution in [0.15, 0.2) is 24.3 Å². The molecule has 0 aliphatic heterocycles. The summed E-state index contributed by atoms with van der Waals surface area (Å²) in [6, 6.07) is 8.21. The van der Waals surface area contributed by atoms with E-state index in [4.69, 9.17) is 5.11 Å². The smallest absolute Gasteiger partial charge is 0.211 e. The second-order valence-corrected chi connectivity index (χ2v) is 6.95. The van der Waals surface area contributed by atoms with Crippen LogP contribution in [0.2, 0.25) is 0 Å². The van der Waals surface area contributed by atoms with Gasteiger partial charge < -0.3 is 5.11 Å². The quantitative estimate of drug-likeness (QED) is 0.772. The molecule has 0 aromatic heterocycles. The molecule has 0 saturated heterocycles. The fraction of sp³-hybridized carbons (Fsp3) is 0.571. The minimum absolute atomic E-state index is 0.00836. The third kappa shape index (κ3) is 4.30. The first-order chi connectivity index (χ1) is 9.11. The first-order valence-electron chi connectivity index (χ1n) is 6.78. The maximum absolute atomic E-state index is 11.9. The molecule has 5 heteroatoms. The van der Waals surface area contributed by atoms with Crippen LogP contribution in [-0.2, 0) is 22.9 Å². The minimum Gasteiger partial charge on any atom is -0.396 e. The number of benzene rings is 1. The van der Waals surface area contributed by atoms with E-state index in [1.54, 1.807) is 0 Å². The summed E-state index contributed by atoms with van der Waals surface area (Å²) >= 11 is 0. The van der Waals surface area contributed by atoms with E-state index in [9.17, 15) is 8.42 Å². The maximum atomic E-state index is 11.9. The second kappa shape index (κ2) is 6.50. The van der Waals surface area contributed by atoms with Gasteiger partial charge in [0.25, 0.3) is 0 Å². The highest BCUT2D eigenvalue weighted by Gasteiger charge is 2.22. The molecule has 2 rings (SSSR count). The number of rotatable bonds is 6. The van der Waals surface area contributed by atoms with Gasteiger partial charge in [-0.05, 0) is 43.2 Å². The number of aliphatic hydroxyl groups is 1. The van der Waals surface area contributed by atoms with Gasteiger partial charge in [0.05, 0.1) is 5.75 Å². The van der Waals surface area contributed by atoms with E-state index in [-0.39, 0.29) is 18.4 Å². The molecule has 0 radical (unpaired) electrons. The molecule has 1 aromatic rings. The molecule has 1 aromatic carbocycles. The van der Waals surface area contributed by atoms with Crippen LogP contribution in [0.4, 0.5) is 0 Å². The Labute approximate surface area is 114 Å². The molecule has 0 saturated carbocycles. The predicted octanol–water partition coefficient (Wildman–Crippen LogP) is 1.24. The molecule has 0 fully saturated rings. The zero-order valence-corrected chi connectivity index (χ0v) is 11.8. The highest BCUT2D eigenvalue weighted by Crippen LogP contribution is 2.21. The van der Waals surface area contributed by atoms with E-state index in [1.807, 2.05) is 12.1 Å². The third-order valence-corrected chi connectivity index (χ3v) is 5.03. The van der Waals surface area contributed by atoms with Gasteiger partial charge in [-0.2, -0.15) is 0 Å². The summed E-state index contributed by atoms with van der Waals surface area (Å²) in [6.45, 7) is 0.0479. The van der Waals surface area contributed by atoms with Gasteiger partial charge in [0.15, 0.2) is 0 Å². The van der Waals surface area contributed by atoms with Gasteiger partial charge in [0, 0.05) is 12.6 Å². The van der Waals surface area contributed by atoms with Crippen LogP contribution in [0.5, 0.6) is 0 Å². The Morgan fingerprint density at radius 3 is 2.68 bits per heavy atom. The van der Waals surface area contributed by atoms with Crippen molar-refractivity contribution >= 4 is 10.0 Å². The van der Waals surface area contributed by atoms with Gasteiger partial charge in [0.2, 0.25) is 10.0 Å². The SMILES string of the molecule is O=S(=O)(CCCCO)NC1CCc2ccccc2C1. The predicted molar refractivity (Wildman–Crippen MR) is 75.5 cm³/mol. The van der Waals surface area contributed by atoms with Gasteiger partial charge in [0.1, 0.15) is 0 Å². The normalized spacial score (nSPS) is 19.1. The molecule has 0 amide bonds. The Morgan fingerprint density at radius 2 is 1.95 bits per heavy atom. The highest BCUT2D eigenvalue weighted by atomic mass is 32.2. The molecule has 0 spiro atoms. The molecule has 1 atom stereocenters. The monoisotopic (exact) mass is 283 g/mol. The van der Waals surface area contributed by atoms with Crippen molar-refractivity contribution in [3.05, 3.63) is 35.4 Å². The van der Waals surface area contributed by atoms with E-state index in [0.717, 1.165) is 19.3 Å². The van der Waals surface area contributed by atoms with Crippen molar-refractivity contribution in [1.29, 1.82) is 0 Å². The summed E-state index contributed by atoms with van der Waals surface area (Å²) in [7, 11) is -3.22. The van der Waals surface area contributed by atoms with E-state index < -0.39 is 10.0 Å². The number of hydrogen-bond donors (Lipinski definition) is 2. The van der Waals surface area contributed by atoms with E-state index in [1.165, 1.54) is 11.1 Å². The molecule has 1 aliphatic carbocycles. The third-order valence-electron chi connectivity index (χ3n) is 3.51. The molecule has 1 aliphatic rings. The average molecular weight is 283 g/mol. The standard InChI is InChI=1S/C14H21NO3S/c16-9-3-4-10-19(17,18)15-14-8-7-12-5-1-2-6-13(12)11-14/h1-2,5-6,14-16H,3-4,7-11H2. The molecule has 0 heterocycles. The highest BCUT2D eigenvalue weighted by molar-refractivity contribution is 7.89. The molecule has 4 nitrogen and oxygen atoms in total. The minimum atomic E-state index is -3.22. The summed E-state index contributed by atoms with van der Waals surface area (Å²) < 4.78 is 26.6. The summed E-state index contributed by atoms with van der Waals surface area (Å²) in [6.07, 6.45) is 3.61. The van der Waals surface area contributed by atoms with Crippen molar-refractivity contribution in [2.75, 3.05) is 12.4 Å². The van der Waals surface area contributed by atoms with Gasteiger partial charge in [-0.25, -0.2) is 13.1 Å².